The van der Waals surface area contributed by atoms with Crippen LogP contribution < -0.4 is 4.74 Å². The number of aryl methyl sites for hydroxylation is 2. The second-order valence-corrected chi connectivity index (χ2v) is 9.03. The highest BCUT2D eigenvalue weighted by Gasteiger charge is 2.27. The zero-order valence-corrected chi connectivity index (χ0v) is 17.2. The van der Waals surface area contributed by atoms with Gasteiger partial charge >= 0.3 is 0 Å². The summed E-state index contributed by atoms with van der Waals surface area (Å²) in [5, 5.41) is 1.74. The van der Waals surface area contributed by atoms with Crippen LogP contribution in [0, 0.1) is 6.92 Å². The minimum absolute atomic E-state index is 0.269. The number of ether oxygens (including phenoxy) is 1. The third-order valence-electron chi connectivity index (χ3n) is 5.52. The molecule has 5 nitrogen and oxygen atoms in total. The minimum atomic E-state index is -3.80. The molecule has 0 aliphatic carbocycles. The van der Waals surface area contributed by atoms with E-state index in [0.717, 1.165) is 27.4 Å². The lowest BCUT2D eigenvalue weighted by atomic mass is 10.2. The molecule has 0 aliphatic heterocycles. The molecule has 0 N–H and O–H groups in total. The minimum Gasteiger partial charge on any atom is -0.497 e. The van der Waals surface area contributed by atoms with E-state index in [1.54, 1.807) is 19.2 Å². The maximum atomic E-state index is 13.8. The van der Waals surface area contributed by atoms with Gasteiger partial charge in [0.05, 0.1) is 34.1 Å². The molecule has 0 bridgehead atoms. The molecule has 5 aromatic rings. The molecule has 0 saturated carbocycles. The van der Waals surface area contributed by atoms with Crippen LogP contribution in [-0.2, 0) is 17.1 Å². The van der Waals surface area contributed by atoms with Crippen LogP contribution in [0.1, 0.15) is 5.56 Å². The lowest BCUT2D eigenvalue weighted by molar-refractivity contribution is 0.415. The van der Waals surface area contributed by atoms with E-state index in [9.17, 15) is 8.42 Å². The van der Waals surface area contributed by atoms with E-state index >= 15 is 0 Å². The summed E-state index contributed by atoms with van der Waals surface area (Å²) in [7, 11) is -0.225. The van der Waals surface area contributed by atoms with Gasteiger partial charge in [0, 0.05) is 17.8 Å². The summed E-state index contributed by atoms with van der Waals surface area (Å²) < 4.78 is 36.5. The second kappa shape index (κ2) is 6.12. The molecule has 0 unspecified atom stereocenters. The number of rotatable bonds is 3. The third-order valence-corrected chi connectivity index (χ3v) is 7.25. The molecule has 3 aromatic carbocycles. The molecule has 0 atom stereocenters. The summed E-state index contributed by atoms with van der Waals surface area (Å²) in [6.07, 6.45) is 0. The van der Waals surface area contributed by atoms with Gasteiger partial charge in [-0.05, 0) is 43.3 Å². The van der Waals surface area contributed by atoms with Crippen molar-refractivity contribution in [3.05, 3.63) is 72.3 Å². The average molecular weight is 404 g/mol. The van der Waals surface area contributed by atoms with E-state index in [1.807, 2.05) is 73.1 Å². The van der Waals surface area contributed by atoms with Gasteiger partial charge in [-0.15, -0.1) is 0 Å². The molecule has 2 aromatic heterocycles. The predicted molar refractivity (Wildman–Crippen MR) is 116 cm³/mol. The van der Waals surface area contributed by atoms with Crippen LogP contribution >= 0.6 is 0 Å². The van der Waals surface area contributed by atoms with Crippen LogP contribution in [0.25, 0.3) is 32.8 Å². The summed E-state index contributed by atoms with van der Waals surface area (Å²) in [5.74, 6) is 0.689. The van der Waals surface area contributed by atoms with Crippen molar-refractivity contribution in [1.82, 2.24) is 8.54 Å². The molecule has 0 fully saturated rings. The first-order chi connectivity index (χ1) is 13.9. The number of hydrogen-bond donors (Lipinski definition) is 0. The molecule has 0 amide bonds. The number of aromatic nitrogens is 2. The fraction of sp³-hybridized carbons (Fsp3) is 0.130. The van der Waals surface area contributed by atoms with Gasteiger partial charge in [0.2, 0.25) is 0 Å². The Morgan fingerprint density at radius 1 is 0.828 bits per heavy atom. The number of nitrogens with zero attached hydrogens (tertiary/aromatic N) is 2. The van der Waals surface area contributed by atoms with Crippen molar-refractivity contribution in [3.63, 3.8) is 0 Å². The van der Waals surface area contributed by atoms with Crippen LogP contribution in [0.5, 0.6) is 5.75 Å². The Balaban J connectivity index is 2.01. The highest BCUT2D eigenvalue weighted by molar-refractivity contribution is 7.90. The van der Waals surface area contributed by atoms with Crippen LogP contribution in [-0.4, -0.2) is 24.1 Å². The van der Waals surface area contributed by atoms with Crippen LogP contribution in [0.2, 0.25) is 0 Å². The van der Waals surface area contributed by atoms with E-state index in [0.29, 0.717) is 16.8 Å². The number of methoxy groups -OCH3 is 1. The molecule has 146 valence electrons. The Morgan fingerprint density at radius 2 is 1.55 bits per heavy atom. The molecule has 2 heterocycles. The topological polar surface area (TPSA) is 53.2 Å². The maximum Gasteiger partial charge on any atom is 0.268 e. The van der Waals surface area contributed by atoms with E-state index in [-0.39, 0.29) is 4.90 Å². The standard InChI is InChI=1S/C23H20N2O3S/c1-15-8-11-17(12-9-15)29(26,27)25-21-7-5-4-6-18(21)22-23(25)19-14-16(28-3)10-13-20(19)24(22)2/h4-14H,1-3H3. The molecule has 0 spiro atoms. The van der Waals surface area contributed by atoms with Gasteiger partial charge in [0.25, 0.3) is 10.0 Å². The first-order valence-electron chi connectivity index (χ1n) is 9.31. The monoisotopic (exact) mass is 404 g/mol. The van der Waals surface area contributed by atoms with Gasteiger partial charge in [-0.2, -0.15) is 0 Å². The molecule has 29 heavy (non-hydrogen) atoms. The van der Waals surface area contributed by atoms with E-state index in [2.05, 4.69) is 0 Å². The van der Waals surface area contributed by atoms with Gasteiger partial charge in [0.15, 0.2) is 0 Å². The summed E-state index contributed by atoms with van der Waals surface area (Å²) in [5.41, 5.74) is 4.19. The summed E-state index contributed by atoms with van der Waals surface area (Å²) in [6.45, 7) is 1.94. The largest absolute Gasteiger partial charge is 0.497 e. The number of fused-ring (bicyclic) bond motifs is 5. The van der Waals surface area contributed by atoms with Crippen LogP contribution in [0.3, 0.4) is 0 Å². The van der Waals surface area contributed by atoms with Crippen molar-refractivity contribution in [3.8, 4) is 5.75 Å². The van der Waals surface area contributed by atoms with Gasteiger partial charge in [-0.25, -0.2) is 12.4 Å². The number of hydrogen-bond acceptors (Lipinski definition) is 3. The van der Waals surface area contributed by atoms with Crippen molar-refractivity contribution >= 4 is 42.9 Å². The Kier molecular flexibility index (Phi) is 3.76. The van der Waals surface area contributed by atoms with Gasteiger partial charge in [-0.3, -0.25) is 0 Å². The first kappa shape index (κ1) is 17.8. The zero-order chi connectivity index (χ0) is 20.3. The normalized spacial score (nSPS) is 12.2. The van der Waals surface area contributed by atoms with E-state index < -0.39 is 10.0 Å². The Bertz CT molecular complexity index is 1510. The molecule has 0 saturated heterocycles. The van der Waals surface area contributed by atoms with Gasteiger partial charge < -0.3 is 9.30 Å². The smallest absolute Gasteiger partial charge is 0.268 e. The molecular formula is C23H20N2O3S. The molecule has 5 rings (SSSR count). The van der Waals surface area contributed by atoms with Crippen molar-refractivity contribution in [2.45, 2.75) is 11.8 Å². The molecular weight excluding hydrogens is 384 g/mol. The van der Waals surface area contributed by atoms with Crippen molar-refractivity contribution in [2.75, 3.05) is 7.11 Å². The van der Waals surface area contributed by atoms with Crippen molar-refractivity contribution in [2.24, 2.45) is 7.05 Å². The van der Waals surface area contributed by atoms with Crippen LogP contribution in [0.15, 0.2) is 71.6 Å². The average Bonchev–Trinajstić information content (AvgIpc) is 3.22. The van der Waals surface area contributed by atoms with E-state index in [1.165, 1.54) is 3.97 Å². The lowest BCUT2D eigenvalue weighted by Crippen LogP contribution is -2.12. The quantitative estimate of drug-likeness (QED) is 0.432. The number of para-hydroxylation sites is 1. The van der Waals surface area contributed by atoms with Crippen molar-refractivity contribution in [1.29, 1.82) is 0 Å². The highest BCUT2D eigenvalue weighted by Crippen LogP contribution is 2.39. The van der Waals surface area contributed by atoms with E-state index in [4.69, 9.17) is 4.74 Å². The zero-order valence-electron chi connectivity index (χ0n) is 16.4. The Hall–Kier alpha value is -3.25. The fourth-order valence-corrected chi connectivity index (χ4v) is 5.62. The van der Waals surface area contributed by atoms with Crippen LogP contribution in [0.4, 0.5) is 0 Å². The SMILES string of the molecule is COc1ccc2c(c1)c1c(c3ccccc3n1S(=O)(=O)c1ccc(C)cc1)n2C. The third kappa shape index (κ3) is 2.42. The molecule has 0 radical (unpaired) electrons. The fourth-order valence-electron chi connectivity index (χ4n) is 4.08. The second-order valence-electron chi connectivity index (χ2n) is 7.24. The van der Waals surface area contributed by atoms with Gasteiger partial charge in [-0.1, -0.05) is 35.9 Å². The summed E-state index contributed by atoms with van der Waals surface area (Å²) >= 11 is 0. The number of benzene rings is 3. The predicted octanol–water partition coefficient (Wildman–Crippen LogP) is 4.84. The first-order valence-corrected chi connectivity index (χ1v) is 10.8. The van der Waals surface area contributed by atoms with Gasteiger partial charge in [0.1, 0.15) is 5.75 Å². The lowest BCUT2D eigenvalue weighted by Gasteiger charge is -2.10. The summed E-state index contributed by atoms with van der Waals surface area (Å²) in [4.78, 5) is 0.269. The Morgan fingerprint density at radius 3 is 2.28 bits per heavy atom. The molecule has 6 heteroatoms. The molecule has 0 aliphatic rings. The Labute approximate surface area is 168 Å². The maximum absolute atomic E-state index is 13.8. The summed E-state index contributed by atoms with van der Waals surface area (Å²) in [6, 6.07) is 20.3. The van der Waals surface area contributed by atoms with Crippen molar-refractivity contribution < 1.29 is 13.2 Å². The highest BCUT2D eigenvalue weighted by atomic mass is 32.2.